The van der Waals surface area contributed by atoms with Crippen molar-refractivity contribution in [3.8, 4) is 28.7 Å². The second-order valence-corrected chi connectivity index (χ2v) is 10.0. The van der Waals surface area contributed by atoms with Crippen LogP contribution in [0.3, 0.4) is 0 Å². The zero-order chi connectivity index (χ0) is 27.8. The first kappa shape index (κ1) is 26.1. The molecule has 3 N–H and O–H groups in total. The van der Waals surface area contributed by atoms with Gasteiger partial charge in [-0.05, 0) is 58.7 Å². The van der Waals surface area contributed by atoms with Gasteiger partial charge in [-0.2, -0.15) is 0 Å². The quantitative estimate of drug-likeness (QED) is 0.269. The summed E-state index contributed by atoms with van der Waals surface area (Å²) >= 11 is 0. The molecule has 10 heteroatoms. The summed E-state index contributed by atoms with van der Waals surface area (Å²) in [7, 11) is 2.95. The molecule has 0 radical (unpaired) electrons. The van der Waals surface area contributed by atoms with Crippen LogP contribution in [0.5, 0.6) is 28.7 Å². The van der Waals surface area contributed by atoms with E-state index in [-0.39, 0.29) is 61.8 Å². The summed E-state index contributed by atoms with van der Waals surface area (Å²) in [6.45, 7) is 1.05. The number of methoxy groups -OCH3 is 2. The number of hydrogen-bond donors (Lipinski definition) is 3. The maximum atomic E-state index is 13.3. The van der Waals surface area contributed by atoms with Crippen molar-refractivity contribution in [3.63, 3.8) is 0 Å². The van der Waals surface area contributed by atoms with Gasteiger partial charge in [0, 0.05) is 17.5 Å². The van der Waals surface area contributed by atoms with Crippen molar-refractivity contribution < 1.29 is 43.4 Å². The smallest absolute Gasteiger partial charge is 0.310 e. The predicted molar refractivity (Wildman–Crippen MR) is 143 cm³/mol. The molecule has 0 aromatic heterocycles. The van der Waals surface area contributed by atoms with E-state index < -0.39 is 11.8 Å². The van der Waals surface area contributed by atoms with Crippen LogP contribution in [0.4, 0.5) is 5.69 Å². The molecule has 1 fully saturated rings. The van der Waals surface area contributed by atoms with Crippen LogP contribution in [0.15, 0.2) is 48.5 Å². The lowest BCUT2D eigenvalue weighted by molar-refractivity contribution is -0.141. The van der Waals surface area contributed by atoms with Gasteiger partial charge in [0.1, 0.15) is 0 Å². The van der Waals surface area contributed by atoms with Gasteiger partial charge in [0.15, 0.2) is 23.0 Å². The number of carbonyl (C=O) groups excluding carboxylic acids is 1. The summed E-state index contributed by atoms with van der Waals surface area (Å²) in [5.41, 5.74) is 4.48. The van der Waals surface area contributed by atoms with E-state index in [0.717, 1.165) is 27.9 Å². The third-order valence-electron chi connectivity index (χ3n) is 7.83. The molecule has 1 saturated heterocycles. The van der Waals surface area contributed by atoms with Crippen molar-refractivity contribution in [2.45, 2.75) is 18.6 Å². The van der Waals surface area contributed by atoms with Crippen molar-refractivity contribution in [1.82, 2.24) is 0 Å². The Morgan fingerprint density at radius 1 is 0.950 bits per heavy atom. The fourth-order valence-electron chi connectivity index (χ4n) is 5.97. The van der Waals surface area contributed by atoms with Gasteiger partial charge in [-0.25, -0.2) is 0 Å². The third-order valence-corrected chi connectivity index (χ3v) is 7.83. The van der Waals surface area contributed by atoms with Crippen LogP contribution in [0.2, 0.25) is 0 Å². The molecule has 0 bridgehead atoms. The number of rotatable bonds is 9. The Balaban J connectivity index is 1.43. The normalized spacial score (nSPS) is 22.3. The number of fused-ring (bicyclic) bond motifs is 3. The van der Waals surface area contributed by atoms with Crippen molar-refractivity contribution in [1.29, 1.82) is 0 Å². The lowest BCUT2D eigenvalue weighted by Gasteiger charge is -2.40. The highest BCUT2D eigenvalue weighted by Gasteiger charge is 2.52. The summed E-state index contributed by atoms with van der Waals surface area (Å²) in [4.78, 5) is 13.3. The highest BCUT2D eigenvalue weighted by atomic mass is 16.7. The van der Waals surface area contributed by atoms with Crippen LogP contribution in [0.25, 0.3) is 0 Å². The van der Waals surface area contributed by atoms with Crippen LogP contribution in [0.1, 0.15) is 34.2 Å². The highest BCUT2D eigenvalue weighted by Crippen LogP contribution is 2.56. The van der Waals surface area contributed by atoms with Gasteiger partial charge < -0.3 is 44.0 Å². The van der Waals surface area contributed by atoms with E-state index in [1.807, 2.05) is 36.4 Å². The summed E-state index contributed by atoms with van der Waals surface area (Å²) in [5.74, 6) is 0.266. The highest BCUT2D eigenvalue weighted by molar-refractivity contribution is 5.79. The monoisotopic (exact) mass is 549 g/mol. The molecule has 3 aromatic carbocycles. The summed E-state index contributed by atoms with van der Waals surface area (Å²) < 4.78 is 33.4. The first-order chi connectivity index (χ1) is 19.5. The molecule has 6 rings (SSSR count). The van der Waals surface area contributed by atoms with Gasteiger partial charge in [0.2, 0.25) is 12.5 Å². The van der Waals surface area contributed by atoms with Gasteiger partial charge in [-0.15, -0.1) is 0 Å². The van der Waals surface area contributed by atoms with E-state index in [0.29, 0.717) is 18.1 Å². The molecule has 2 aliphatic heterocycles. The minimum atomic E-state index is -0.504. The fraction of sp³-hybridized carbons (Fsp3) is 0.367. The van der Waals surface area contributed by atoms with Gasteiger partial charge in [0.25, 0.3) is 0 Å². The Bertz CT molecular complexity index is 1380. The minimum absolute atomic E-state index is 0.0206. The number of anilines is 1. The summed E-state index contributed by atoms with van der Waals surface area (Å²) in [5, 5.41) is 23.1. The van der Waals surface area contributed by atoms with Gasteiger partial charge in [0.05, 0.1) is 52.6 Å². The average Bonchev–Trinajstić information content (AvgIpc) is 3.59. The number of carbonyl (C=O) groups is 1. The molecule has 0 saturated carbocycles. The Morgan fingerprint density at radius 3 is 2.27 bits per heavy atom. The van der Waals surface area contributed by atoms with Crippen molar-refractivity contribution in [3.05, 3.63) is 70.8 Å². The number of ether oxygens (including phenoxy) is 6. The minimum Gasteiger partial charge on any atom is -0.502 e. The molecule has 3 aromatic rings. The number of phenols is 1. The van der Waals surface area contributed by atoms with E-state index in [9.17, 15) is 9.90 Å². The molecule has 4 atom stereocenters. The fourth-order valence-corrected chi connectivity index (χ4v) is 5.97. The maximum absolute atomic E-state index is 13.3. The molecule has 40 heavy (non-hydrogen) atoms. The van der Waals surface area contributed by atoms with E-state index in [1.54, 1.807) is 12.1 Å². The Hall–Kier alpha value is -4.15. The van der Waals surface area contributed by atoms with E-state index in [1.165, 1.54) is 14.2 Å². The first-order valence-corrected chi connectivity index (χ1v) is 13.1. The van der Waals surface area contributed by atoms with Crippen LogP contribution in [-0.2, 0) is 20.9 Å². The number of aromatic hydroxyl groups is 1. The summed E-state index contributed by atoms with van der Waals surface area (Å²) in [6, 6.07) is 15.0. The molecule has 3 aliphatic rings. The van der Waals surface area contributed by atoms with Gasteiger partial charge in [-0.3, -0.25) is 4.79 Å². The summed E-state index contributed by atoms with van der Waals surface area (Å²) in [6.07, 6.45) is 0. The van der Waals surface area contributed by atoms with Gasteiger partial charge in [-0.1, -0.05) is 12.1 Å². The standard InChI is InChI=1S/C30H31NO9/c1-35-24-9-17(10-25(36-2)29(24)33)26-19-11-22-23(40-15-39-22)12-20(19)28(21-14-38-30(34)27(21)26)31-18-5-3-16(4-6-18)13-37-8-7-32/h3-6,9-12,21,26-28,31-33H,7-8,13-15H2,1-2H3/t21-,26+,27-,28+/m0/s1. The molecule has 210 valence electrons. The van der Waals surface area contributed by atoms with Crippen molar-refractivity contribution in [2.24, 2.45) is 11.8 Å². The molecule has 0 spiro atoms. The maximum Gasteiger partial charge on any atom is 0.310 e. The number of esters is 1. The lowest BCUT2D eigenvalue weighted by Crippen LogP contribution is -2.37. The molecular formula is C30H31NO9. The van der Waals surface area contributed by atoms with E-state index >= 15 is 0 Å². The Labute approximate surface area is 231 Å². The number of phenolic OH excluding ortho intramolecular Hbond substituents is 1. The third kappa shape index (κ3) is 4.52. The number of aliphatic hydroxyl groups is 1. The Morgan fingerprint density at radius 2 is 1.62 bits per heavy atom. The zero-order valence-electron chi connectivity index (χ0n) is 22.2. The lowest BCUT2D eigenvalue weighted by atomic mass is 9.65. The van der Waals surface area contributed by atoms with Crippen LogP contribution < -0.4 is 24.3 Å². The van der Waals surface area contributed by atoms with Crippen LogP contribution >= 0.6 is 0 Å². The number of cyclic esters (lactones) is 1. The number of aliphatic hydroxyl groups excluding tert-OH is 1. The predicted octanol–water partition coefficient (Wildman–Crippen LogP) is 3.73. The van der Waals surface area contributed by atoms with Crippen molar-refractivity contribution >= 4 is 11.7 Å². The SMILES string of the molecule is COc1cc([C@@H]2c3cc4c(cc3[C@@H](Nc3ccc(COCCO)cc3)[C@H]3COC(=O)[C@H]23)OCO4)cc(OC)c1O. The molecule has 2 heterocycles. The number of benzene rings is 3. The topological polar surface area (TPSA) is 125 Å². The molecule has 1 aliphatic carbocycles. The van der Waals surface area contributed by atoms with E-state index in [4.69, 9.17) is 33.5 Å². The van der Waals surface area contributed by atoms with E-state index in [2.05, 4.69) is 5.32 Å². The zero-order valence-corrected chi connectivity index (χ0v) is 22.2. The second kappa shape index (κ2) is 10.8. The molecule has 10 nitrogen and oxygen atoms in total. The van der Waals surface area contributed by atoms with Gasteiger partial charge >= 0.3 is 5.97 Å². The number of hydrogen-bond acceptors (Lipinski definition) is 10. The molecule has 0 amide bonds. The largest absolute Gasteiger partial charge is 0.502 e. The Kier molecular flexibility index (Phi) is 7.03. The average molecular weight is 550 g/mol. The molecule has 0 unspecified atom stereocenters. The van der Waals surface area contributed by atoms with Crippen molar-refractivity contribution in [2.75, 3.05) is 46.1 Å². The first-order valence-electron chi connectivity index (χ1n) is 13.1. The number of nitrogens with one attached hydrogen (secondary N) is 1. The van der Waals surface area contributed by atoms with Crippen LogP contribution in [-0.4, -0.2) is 57.0 Å². The second-order valence-electron chi connectivity index (χ2n) is 10.0. The van der Waals surface area contributed by atoms with Crippen LogP contribution in [0, 0.1) is 11.8 Å². The molecular weight excluding hydrogens is 518 g/mol.